The molecule has 0 atom stereocenters. The summed E-state index contributed by atoms with van der Waals surface area (Å²) in [6, 6.07) is 18.4. The summed E-state index contributed by atoms with van der Waals surface area (Å²) in [7, 11) is 0. The highest BCUT2D eigenvalue weighted by Crippen LogP contribution is 2.17. The van der Waals surface area contributed by atoms with Crippen molar-refractivity contribution in [3.63, 3.8) is 0 Å². The van der Waals surface area contributed by atoms with Gasteiger partial charge >= 0.3 is 0 Å². The van der Waals surface area contributed by atoms with E-state index in [0.29, 0.717) is 5.84 Å². The minimum Gasteiger partial charge on any atom is -0.372 e. The number of nitrogens with one attached hydrogen (secondary N) is 2. The maximum Gasteiger partial charge on any atom is 0.129 e. The minimum atomic E-state index is 0.414. The third kappa shape index (κ3) is 6.40. The van der Waals surface area contributed by atoms with Crippen LogP contribution in [0.5, 0.6) is 0 Å². The quantitative estimate of drug-likeness (QED) is 0.428. The highest BCUT2D eigenvalue weighted by Gasteiger charge is 2.06. The van der Waals surface area contributed by atoms with Gasteiger partial charge in [0.25, 0.3) is 0 Å². The number of unbranched alkanes of at least 4 members (excludes halogenated alkanes) is 2. The van der Waals surface area contributed by atoms with Gasteiger partial charge in [0.15, 0.2) is 0 Å². The summed E-state index contributed by atoms with van der Waals surface area (Å²) in [6.07, 6.45) is 8.65. The number of hydrogen-bond acceptors (Lipinski definition) is 2. The second-order valence-corrected chi connectivity index (χ2v) is 6.50. The maximum absolute atomic E-state index is 8.22. The Labute approximate surface area is 158 Å². The number of nitrogens with zero attached hydrogens (tertiary/aromatic N) is 1. The van der Waals surface area contributed by atoms with E-state index in [2.05, 4.69) is 36.2 Å². The Morgan fingerprint density at radius 2 is 1.54 bits per heavy atom. The molecular weight excluding hydrogens is 318 g/mol. The first-order valence-electron chi connectivity index (χ1n) is 9.66. The van der Waals surface area contributed by atoms with E-state index in [4.69, 9.17) is 5.41 Å². The van der Waals surface area contributed by atoms with E-state index in [-0.39, 0.29) is 0 Å². The third-order valence-corrected chi connectivity index (χ3v) is 4.39. The van der Waals surface area contributed by atoms with E-state index < -0.39 is 0 Å². The molecule has 0 amide bonds. The Kier molecular flexibility index (Phi) is 8.47. The van der Waals surface area contributed by atoms with Gasteiger partial charge in [-0.15, -0.1) is 0 Å². The van der Waals surface area contributed by atoms with Crippen molar-refractivity contribution in [2.45, 2.75) is 39.5 Å². The summed E-state index contributed by atoms with van der Waals surface area (Å²) in [5.74, 6) is 0.414. The number of benzene rings is 2. The van der Waals surface area contributed by atoms with Crippen LogP contribution in [0.2, 0.25) is 0 Å². The molecule has 0 saturated carbocycles. The SMILES string of the molecule is CCCCN(CCCC)c1ccc(C(=N)N/C=C/c2ccccc2)cc1. The van der Waals surface area contributed by atoms with Crippen LogP contribution in [0, 0.1) is 5.41 Å². The lowest BCUT2D eigenvalue weighted by atomic mass is 10.1. The molecule has 0 bridgehead atoms. The number of amidine groups is 1. The van der Waals surface area contributed by atoms with Crippen LogP contribution in [0.25, 0.3) is 6.08 Å². The molecule has 0 unspecified atom stereocenters. The van der Waals surface area contributed by atoms with E-state index in [1.54, 1.807) is 0 Å². The zero-order valence-corrected chi connectivity index (χ0v) is 16.0. The van der Waals surface area contributed by atoms with Crippen molar-refractivity contribution in [1.29, 1.82) is 5.41 Å². The summed E-state index contributed by atoms with van der Waals surface area (Å²) >= 11 is 0. The Balaban J connectivity index is 1.95. The van der Waals surface area contributed by atoms with Crippen molar-refractivity contribution < 1.29 is 0 Å². The van der Waals surface area contributed by atoms with Gasteiger partial charge in [0.1, 0.15) is 5.84 Å². The Morgan fingerprint density at radius 1 is 0.923 bits per heavy atom. The van der Waals surface area contributed by atoms with Crippen molar-refractivity contribution in [2.24, 2.45) is 0 Å². The Hall–Kier alpha value is -2.55. The molecule has 0 heterocycles. The normalized spacial score (nSPS) is 10.8. The van der Waals surface area contributed by atoms with Gasteiger partial charge in [-0.25, -0.2) is 0 Å². The first kappa shape index (κ1) is 19.8. The molecule has 0 aliphatic carbocycles. The fourth-order valence-corrected chi connectivity index (χ4v) is 2.78. The molecular formula is C23H31N3. The fraction of sp³-hybridized carbons (Fsp3) is 0.348. The molecule has 2 aromatic rings. The van der Waals surface area contributed by atoms with Crippen molar-refractivity contribution in [1.82, 2.24) is 5.32 Å². The van der Waals surface area contributed by atoms with Gasteiger partial charge in [0, 0.05) is 30.5 Å². The van der Waals surface area contributed by atoms with E-state index in [1.807, 2.05) is 54.7 Å². The second kappa shape index (κ2) is 11.1. The van der Waals surface area contributed by atoms with Gasteiger partial charge in [-0.2, -0.15) is 0 Å². The van der Waals surface area contributed by atoms with Gasteiger partial charge in [0.05, 0.1) is 0 Å². The lowest BCUT2D eigenvalue weighted by molar-refractivity contribution is 0.678. The average Bonchev–Trinajstić information content (AvgIpc) is 2.69. The lowest BCUT2D eigenvalue weighted by Gasteiger charge is -2.25. The molecule has 0 aromatic heterocycles. The fourth-order valence-electron chi connectivity index (χ4n) is 2.78. The predicted molar refractivity (Wildman–Crippen MR) is 114 cm³/mol. The standard InChI is InChI=1S/C23H31N3/c1-3-5-18-26(19-6-4-2)22-14-12-21(13-15-22)23(24)25-17-16-20-10-8-7-9-11-20/h7-17H,3-6,18-19H2,1-2H3,(H2,24,25)/b17-16+. The number of anilines is 1. The van der Waals surface area contributed by atoms with Crippen molar-refractivity contribution in [2.75, 3.05) is 18.0 Å². The maximum atomic E-state index is 8.22. The summed E-state index contributed by atoms with van der Waals surface area (Å²) in [4.78, 5) is 2.46. The van der Waals surface area contributed by atoms with Crippen LogP contribution >= 0.6 is 0 Å². The molecule has 0 aliphatic rings. The highest BCUT2D eigenvalue weighted by molar-refractivity contribution is 5.97. The smallest absolute Gasteiger partial charge is 0.129 e. The van der Waals surface area contributed by atoms with Gasteiger partial charge in [-0.3, -0.25) is 5.41 Å². The van der Waals surface area contributed by atoms with Crippen LogP contribution in [-0.2, 0) is 0 Å². The topological polar surface area (TPSA) is 39.1 Å². The largest absolute Gasteiger partial charge is 0.372 e. The van der Waals surface area contributed by atoms with Gasteiger partial charge in [-0.05, 0) is 48.7 Å². The Morgan fingerprint density at radius 3 is 2.12 bits per heavy atom. The average molecular weight is 350 g/mol. The summed E-state index contributed by atoms with van der Waals surface area (Å²) in [5.41, 5.74) is 3.27. The van der Waals surface area contributed by atoms with Crippen molar-refractivity contribution >= 4 is 17.6 Å². The van der Waals surface area contributed by atoms with E-state index in [1.165, 1.54) is 31.4 Å². The van der Waals surface area contributed by atoms with Gasteiger partial charge in [-0.1, -0.05) is 57.0 Å². The molecule has 2 aromatic carbocycles. The van der Waals surface area contributed by atoms with Crippen molar-refractivity contribution in [3.05, 3.63) is 71.9 Å². The first-order chi connectivity index (χ1) is 12.7. The molecule has 3 heteroatoms. The third-order valence-electron chi connectivity index (χ3n) is 4.39. The summed E-state index contributed by atoms with van der Waals surface area (Å²) in [5, 5.41) is 11.3. The van der Waals surface area contributed by atoms with Crippen LogP contribution in [-0.4, -0.2) is 18.9 Å². The summed E-state index contributed by atoms with van der Waals surface area (Å²) < 4.78 is 0. The second-order valence-electron chi connectivity index (χ2n) is 6.50. The zero-order chi connectivity index (χ0) is 18.6. The van der Waals surface area contributed by atoms with Crippen LogP contribution in [0.15, 0.2) is 60.8 Å². The first-order valence-corrected chi connectivity index (χ1v) is 9.66. The van der Waals surface area contributed by atoms with E-state index in [9.17, 15) is 0 Å². The molecule has 138 valence electrons. The van der Waals surface area contributed by atoms with Crippen LogP contribution in [0.4, 0.5) is 5.69 Å². The number of hydrogen-bond donors (Lipinski definition) is 2. The minimum absolute atomic E-state index is 0.414. The molecule has 0 saturated heterocycles. The number of rotatable bonds is 10. The van der Waals surface area contributed by atoms with Gasteiger partial charge < -0.3 is 10.2 Å². The molecule has 2 N–H and O–H groups in total. The van der Waals surface area contributed by atoms with E-state index in [0.717, 1.165) is 24.2 Å². The molecule has 2 rings (SSSR count). The molecule has 0 radical (unpaired) electrons. The van der Waals surface area contributed by atoms with Crippen LogP contribution in [0.3, 0.4) is 0 Å². The summed E-state index contributed by atoms with van der Waals surface area (Å²) in [6.45, 7) is 6.67. The van der Waals surface area contributed by atoms with Gasteiger partial charge in [0.2, 0.25) is 0 Å². The van der Waals surface area contributed by atoms with Crippen LogP contribution in [0.1, 0.15) is 50.7 Å². The molecule has 26 heavy (non-hydrogen) atoms. The highest BCUT2D eigenvalue weighted by atomic mass is 15.1. The Bertz CT molecular complexity index is 666. The molecule has 0 spiro atoms. The molecule has 0 fully saturated rings. The lowest BCUT2D eigenvalue weighted by Crippen LogP contribution is -2.25. The van der Waals surface area contributed by atoms with Crippen LogP contribution < -0.4 is 10.2 Å². The monoisotopic (exact) mass is 349 g/mol. The zero-order valence-electron chi connectivity index (χ0n) is 16.0. The predicted octanol–water partition coefficient (Wildman–Crippen LogP) is 5.68. The molecule has 0 aliphatic heterocycles. The molecule has 3 nitrogen and oxygen atoms in total. The van der Waals surface area contributed by atoms with E-state index >= 15 is 0 Å². The van der Waals surface area contributed by atoms with Crippen molar-refractivity contribution in [3.8, 4) is 0 Å².